The van der Waals surface area contributed by atoms with E-state index < -0.39 is 11.6 Å². The molecule has 0 aromatic rings. The van der Waals surface area contributed by atoms with Gasteiger partial charge in [0.25, 0.3) is 0 Å². The summed E-state index contributed by atoms with van der Waals surface area (Å²) in [6.07, 6.45) is 4.10. The van der Waals surface area contributed by atoms with Gasteiger partial charge in [-0.25, -0.2) is 0 Å². The molecule has 0 amide bonds. The van der Waals surface area contributed by atoms with Gasteiger partial charge in [0.05, 0.1) is 5.60 Å². The van der Waals surface area contributed by atoms with Crippen molar-refractivity contribution in [3.05, 3.63) is 0 Å². The molecule has 0 aromatic heterocycles. The van der Waals surface area contributed by atoms with E-state index in [1.807, 2.05) is 13.8 Å². The van der Waals surface area contributed by atoms with Crippen molar-refractivity contribution >= 4 is 5.97 Å². The molecule has 0 spiro atoms. The van der Waals surface area contributed by atoms with Crippen LogP contribution in [0.3, 0.4) is 0 Å². The van der Waals surface area contributed by atoms with Gasteiger partial charge in [-0.1, -0.05) is 0 Å². The molecule has 0 heterocycles. The largest absolute Gasteiger partial charge is 0.481 e. The predicted octanol–water partition coefficient (Wildman–Crippen LogP) is 2.04. The SMILES string of the molecule is CC(C)(O)C1CCC(CC(=O)O)CC1. The first-order chi connectivity index (χ1) is 6.39. The first-order valence-electron chi connectivity index (χ1n) is 5.33. The molecule has 3 heteroatoms. The Morgan fingerprint density at radius 1 is 1.29 bits per heavy atom. The molecular weight excluding hydrogens is 180 g/mol. The van der Waals surface area contributed by atoms with Crippen molar-refractivity contribution in [1.29, 1.82) is 0 Å². The van der Waals surface area contributed by atoms with Crippen LogP contribution in [0.2, 0.25) is 0 Å². The van der Waals surface area contributed by atoms with Crippen LogP contribution in [0, 0.1) is 11.8 Å². The first-order valence-corrected chi connectivity index (χ1v) is 5.33. The highest BCUT2D eigenvalue weighted by atomic mass is 16.4. The Kier molecular flexibility index (Phi) is 3.53. The number of carboxylic acids is 1. The highest BCUT2D eigenvalue weighted by Crippen LogP contribution is 2.36. The summed E-state index contributed by atoms with van der Waals surface area (Å²) in [6.45, 7) is 3.68. The molecule has 1 aliphatic carbocycles. The van der Waals surface area contributed by atoms with Crippen LogP contribution in [-0.4, -0.2) is 21.8 Å². The van der Waals surface area contributed by atoms with Crippen LogP contribution in [-0.2, 0) is 4.79 Å². The highest BCUT2D eigenvalue weighted by molar-refractivity contribution is 5.67. The van der Waals surface area contributed by atoms with Crippen molar-refractivity contribution in [3.63, 3.8) is 0 Å². The van der Waals surface area contributed by atoms with Gasteiger partial charge in [-0.3, -0.25) is 4.79 Å². The smallest absolute Gasteiger partial charge is 0.303 e. The van der Waals surface area contributed by atoms with Gasteiger partial charge in [0.2, 0.25) is 0 Å². The molecule has 1 rings (SSSR count). The monoisotopic (exact) mass is 200 g/mol. The van der Waals surface area contributed by atoms with E-state index in [1.54, 1.807) is 0 Å². The number of hydrogen-bond donors (Lipinski definition) is 2. The van der Waals surface area contributed by atoms with Gasteiger partial charge >= 0.3 is 5.97 Å². The summed E-state index contributed by atoms with van der Waals surface area (Å²) >= 11 is 0. The minimum atomic E-state index is -0.697. The lowest BCUT2D eigenvalue weighted by Gasteiger charge is -2.35. The molecule has 0 aromatic carbocycles. The lowest BCUT2D eigenvalue weighted by atomic mass is 9.74. The van der Waals surface area contributed by atoms with Gasteiger partial charge in [0, 0.05) is 6.42 Å². The van der Waals surface area contributed by atoms with Crippen molar-refractivity contribution in [2.75, 3.05) is 0 Å². The molecule has 0 radical (unpaired) electrons. The second-order valence-electron chi connectivity index (χ2n) is 4.97. The third-order valence-electron chi connectivity index (χ3n) is 3.31. The summed E-state index contributed by atoms with van der Waals surface area (Å²) in [5.41, 5.74) is -0.603. The van der Waals surface area contributed by atoms with Crippen molar-refractivity contribution in [3.8, 4) is 0 Å². The predicted molar refractivity (Wildman–Crippen MR) is 54.0 cm³/mol. The topological polar surface area (TPSA) is 57.5 Å². The molecule has 14 heavy (non-hydrogen) atoms. The number of aliphatic carboxylic acids is 1. The van der Waals surface area contributed by atoms with Gasteiger partial charge in [-0.2, -0.15) is 0 Å². The fourth-order valence-corrected chi connectivity index (χ4v) is 2.32. The van der Waals surface area contributed by atoms with Crippen LogP contribution in [0.25, 0.3) is 0 Å². The summed E-state index contributed by atoms with van der Waals surface area (Å²) in [4.78, 5) is 10.5. The number of carboxylic acid groups (broad SMARTS) is 1. The van der Waals surface area contributed by atoms with Crippen LogP contribution in [0.5, 0.6) is 0 Å². The minimum absolute atomic E-state index is 0.290. The molecule has 2 N–H and O–H groups in total. The highest BCUT2D eigenvalue weighted by Gasteiger charge is 2.31. The third kappa shape index (κ3) is 3.29. The Morgan fingerprint density at radius 2 is 1.79 bits per heavy atom. The second-order valence-corrected chi connectivity index (χ2v) is 4.97. The number of rotatable bonds is 3. The zero-order valence-corrected chi connectivity index (χ0v) is 8.99. The van der Waals surface area contributed by atoms with E-state index in [0.29, 0.717) is 18.3 Å². The van der Waals surface area contributed by atoms with E-state index in [4.69, 9.17) is 5.11 Å². The number of aliphatic hydroxyl groups is 1. The lowest BCUT2D eigenvalue weighted by molar-refractivity contribution is -0.138. The molecule has 1 fully saturated rings. The van der Waals surface area contributed by atoms with Crippen LogP contribution in [0.15, 0.2) is 0 Å². The Morgan fingerprint density at radius 3 is 2.14 bits per heavy atom. The second kappa shape index (κ2) is 4.30. The van der Waals surface area contributed by atoms with Gasteiger partial charge < -0.3 is 10.2 Å². The van der Waals surface area contributed by atoms with Crippen molar-refractivity contribution in [2.24, 2.45) is 11.8 Å². The normalized spacial score (nSPS) is 28.8. The van der Waals surface area contributed by atoms with Gasteiger partial charge in [0.1, 0.15) is 0 Å². The van der Waals surface area contributed by atoms with E-state index >= 15 is 0 Å². The molecule has 82 valence electrons. The molecular formula is C11H20O3. The Balaban J connectivity index is 2.35. The molecule has 0 atom stereocenters. The summed E-state index contributed by atoms with van der Waals surface area (Å²) in [5, 5.41) is 18.4. The van der Waals surface area contributed by atoms with E-state index in [9.17, 15) is 9.90 Å². The Hall–Kier alpha value is -0.570. The fourth-order valence-electron chi connectivity index (χ4n) is 2.32. The van der Waals surface area contributed by atoms with Crippen LogP contribution >= 0.6 is 0 Å². The third-order valence-corrected chi connectivity index (χ3v) is 3.31. The quantitative estimate of drug-likeness (QED) is 0.733. The van der Waals surface area contributed by atoms with Crippen LogP contribution in [0.4, 0.5) is 0 Å². The van der Waals surface area contributed by atoms with Crippen LogP contribution in [0.1, 0.15) is 46.0 Å². The maximum atomic E-state index is 10.5. The molecule has 3 nitrogen and oxygen atoms in total. The van der Waals surface area contributed by atoms with E-state index in [0.717, 1.165) is 25.7 Å². The van der Waals surface area contributed by atoms with E-state index in [2.05, 4.69) is 0 Å². The Bertz CT molecular complexity index is 197. The molecule has 0 saturated heterocycles. The van der Waals surface area contributed by atoms with E-state index in [-0.39, 0.29) is 0 Å². The number of hydrogen-bond acceptors (Lipinski definition) is 2. The zero-order valence-electron chi connectivity index (χ0n) is 8.99. The average molecular weight is 200 g/mol. The maximum absolute atomic E-state index is 10.5. The molecule has 1 saturated carbocycles. The number of carbonyl (C=O) groups is 1. The molecule has 0 unspecified atom stereocenters. The summed E-state index contributed by atoms with van der Waals surface area (Å²) < 4.78 is 0. The van der Waals surface area contributed by atoms with Crippen LogP contribution < -0.4 is 0 Å². The van der Waals surface area contributed by atoms with Gasteiger partial charge in [-0.15, -0.1) is 0 Å². The van der Waals surface area contributed by atoms with E-state index in [1.165, 1.54) is 0 Å². The van der Waals surface area contributed by atoms with Gasteiger partial charge in [-0.05, 0) is 51.4 Å². The molecule has 1 aliphatic rings. The summed E-state index contributed by atoms with van der Waals surface area (Å²) in [6, 6.07) is 0. The maximum Gasteiger partial charge on any atom is 0.303 e. The average Bonchev–Trinajstić information content (AvgIpc) is 2.02. The summed E-state index contributed by atoms with van der Waals surface area (Å²) in [5.74, 6) is -0.0321. The van der Waals surface area contributed by atoms with Crippen molar-refractivity contribution in [1.82, 2.24) is 0 Å². The van der Waals surface area contributed by atoms with Crippen molar-refractivity contribution < 1.29 is 15.0 Å². The fraction of sp³-hybridized carbons (Fsp3) is 0.909. The molecule has 0 bridgehead atoms. The molecule has 0 aliphatic heterocycles. The zero-order chi connectivity index (χ0) is 10.8. The summed E-state index contributed by atoms with van der Waals surface area (Å²) in [7, 11) is 0. The standard InChI is InChI=1S/C11H20O3/c1-11(2,14)9-5-3-8(4-6-9)7-10(12)13/h8-9,14H,3-7H2,1-2H3,(H,12,13). The van der Waals surface area contributed by atoms with Crippen molar-refractivity contribution in [2.45, 2.75) is 51.6 Å². The van der Waals surface area contributed by atoms with Gasteiger partial charge in [0.15, 0.2) is 0 Å². The Labute approximate surface area is 85.1 Å². The lowest BCUT2D eigenvalue weighted by Crippen LogP contribution is -2.34. The minimum Gasteiger partial charge on any atom is -0.481 e. The first kappa shape index (κ1) is 11.5.